The first-order valence-electron chi connectivity index (χ1n) is 8.54. The Morgan fingerprint density at radius 3 is 2.19 bits per heavy atom. The molecule has 1 fully saturated rings. The zero-order chi connectivity index (χ0) is 19.5. The van der Waals surface area contributed by atoms with Crippen LogP contribution in [0.2, 0.25) is 0 Å². The summed E-state index contributed by atoms with van der Waals surface area (Å²) < 4.78 is 44.3. The van der Waals surface area contributed by atoms with Crippen molar-refractivity contribution in [2.24, 2.45) is 0 Å². The Morgan fingerprint density at radius 1 is 1.00 bits per heavy atom. The zero-order valence-electron chi connectivity index (χ0n) is 14.3. The van der Waals surface area contributed by atoms with E-state index in [-0.39, 0.29) is 6.42 Å². The van der Waals surface area contributed by atoms with Crippen LogP contribution in [0.15, 0.2) is 60.7 Å². The Hall–Kier alpha value is -2.83. The molecule has 27 heavy (non-hydrogen) atoms. The molecule has 0 aliphatic heterocycles. The molecule has 0 unspecified atom stereocenters. The van der Waals surface area contributed by atoms with Crippen molar-refractivity contribution in [2.75, 3.05) is 0 Å². The van der Waals surface area contributed by atoms with Gasteiger partial charge in [-0.3, -0.25) is 4.79 Å². The lowest BCUT2D eigenvalue weighted by molar-refractivity contribution is -0.177. The number of rotatable bonds is 4. The molecule has 0 bridgehead atoms. The molecule has 3 rings (SSSR count). The number of carbonyl (C=O) groups is 2. The maximum Gasteiger partial charge on any atom is 0.471 e. The summed E-state index contributed by atoms with van der Waals surface area (Å²) in [5.74, 6) is -2.68. The molecule has 1 amide bonds. The van der Waals surface area contributed by atoms with Crippen LogP contribution in [0.25, 0.3) is 0 Å². The van der Waals surface area contributed by atoms with Crippen LogP contribution < -0.4 is 5.32 Å². The fourth-order valence-corrected chi connectivity index (χ4v) is 3.46. The lowest BCUT2D eigenvalue weighted by Gasteiger charge is -2.36. The fourth-order valence-electron chi connectivity index (χ4n) is 3.46. The van der Waals surface area contributed by atoms with Crippen molar-refractivity contribution < 1.29 is 27.5 Å². The van der Waals surface area contributed by atoms with Crippen molar-refractivity contribution in [1.82, 2.24) is 5.32 Å². The van der Waals surface area contributed by atoms with Crippen molar-refractivity contribution in [2.45, 2.75) is 37.1 Å². The van der Waals surface area contributed by atoms with Gasteiger partial charge >= 0.3 is 18.1 Å². The van der Waals surface area contributed by atoms with Gasteiger partial charge < -0.3 is 10.1 Å². The fraction of sp³-hybridized carbons (Fsp3) is 0.300. The summed E-state index contributed by atoms with van der Waals surface area (Å²) in [6, 6.07) is 16.5. The van der Waals surface area contributed by atoms with Gasteiger partial charge in [0.15, 0.2) is 0 Å². The molecule has 0 radical (unpaired) electrons. The molecule has 2 aromatic rings. The van der Waals surface area contributed by atoms with Gasteiger partial charge in [-0.2, -0.15) is 13.2 Å². The SMILES string of the molecule is O=C(O[C@@H]1CCC[C@@]1(NC(=O)C(F)(F)F)c1ccccc1)c1ccccc1. The van der Waals surface area contributed by atoms with Gasteiger partial charge in [0.1, 0.15) is 11.6 Å². The number of amides is 1. The molecule has 1 N–H and O–H groups in total. The number of ether oxygens (including phenoxy) is 1. The summed E-state index contributed by atoms with van der Waals surface area (Å²) in [5.41, 5.74) is -0.641. The average Bonchev–Trinajstić information content (AvgIpc) is 3.05. The summed E-state index contributed by atoms with van der Waals surface area (Å²) in [6.45, 7) is 0. The lowest BCUT2D eigenvalue weighted by atomic mass is 9.86. The minimum absolute atomic E-state index is 0.242. The Bertz CT molecular complexity index is 808. The molecule has 0 spiro atoms. The largest absolute Gasteiger partial charge is 0.471 e. The molecule has 4 nitrogen and oxygen atoms in total. The highest BCUT2D eigenvalue weighted by atomic mass is 19.4. The highest BCUT2D eigenvalue weighted by molar-refractivity contribution is 5.89. The molecule has 0 aromatic heterocycles. The van der Waals surface area contributed by atoms with Gasteiger partial charge in [0.05, 0.1) is 5.56 Å². The maximum absolute atomic E-state index is 12.9. The minimum atomic E-state index is -5.03. The third-order valence-corrected chi connectivity index (χ3v) is 4.73. The van der Waals surface area contributed by atoms with E-state index in [9.17, 15) is 22.8 Å². The van der Waals surface area contributed by atoms with Crippen molar-refractivity contribution in [1.29, 1.82) is 0 Å². The number of carbonyl (C=O) groups excluding carboxylic acids is 2. The van der Waals surface area contributed by atoms with Gasteiger partial charge in [0.25, 0.3) is 0 Å². The van der Waals surface area contributed by atoms with Crippen LogP contribution in [0.4, 0.5) is 13.2 Å². The second-order valence-electron chi connectivity index (χ2n) is 6.44. The van der Waals surface area contributed by atoms with E-state index in [1.54, 1.807) is 60.7 Å². The zero-order valence-corrected chi connectivity index (χ0v) is 14.3. The first kappa shape index (κ1) is 18.9. The lowest BCUT2D eigenvalue weighted by Crippen LogP contribution is -2.55. The van der Waals surface area contributed by atoms with E-state index in [4.69, 9.17) is 4.74 Å². The number of nitrogens with one attached hydrogen (secondary N) is 1. The Kier molecular flexibility index (Phi) is 5.21. The van der Waals surface area contributed by atoms with E-state index >= 15 is 0 Å². The molecule has 1 aliphatic rings. The van der Waals surface area contributed by atoms with E-state index < -0.39 is 29.7 Å². The Balaban J connectivity index is 1.93. The van der Waals surface area contributed by atoms with E-state index in [1.807, 2.05) is 0 Å². The molecule has 1 aliphatic carbocycles. The van der Waals surface area contributed by atoms with Gasteiger partial charge in [-0.15, -0.1) is 0 Å². The van der Waals surface area contributed by atoms with E-state index in [1.165, 1.54) is 0 Å². The Labute approximate surface area is 154 Å². The first-order chi connectivity index (χ1) is 12.8. The molecule has 7 heteroatoms. The number of halogens is 3. The average molecular weight is 377 g/mol. The molecule has 2 aromatic carbocycles. The number of benzene rings is 2. The van der Waals surface area contributed by atoms with Gasteiger partial charge in [-0.05, 0) is 37.0 Å². The number of hydrogen-bond donors (Lipinski definition) is 1. The van der Waals surface area contributed by atoms with Gasteiger partial charge in [-0.25, -0.2) is 4.79 Å². The van der Waals surface area contributed by atoms with Crippen LogP contribution in [0.3, 0.4) is 0 Å². The predicted octanol–water partition coefficient (Wildman–Crippen LogP) is 3.97. The van der Waals surface area contributed by atoms with Crippen LogP contribution in [0, 0.1) is 0 Å². The van der Waals surface area contributed by atoms with Crippen molar-refractivity contribution >= 4 is 11.9 Å². The normalized spacial score (nSPS) is 22.3. The summed E-state index contributed by atoms with van der Waals surface area (Å²) in [6.07, 6.45) is -4.83. The molecule has 0 heterocycles. The van der Waals surface area contributed by atoms with Gasteiger partial charge in [-0.1, -0.05) is 48.5 Å². The summed E-state index contributed by atoms with van der Waals surface area (Å²) in [7, 11) is 0. The smallest absolute Gasteiger partial charge is 0.456 e. The number of esters is 1. The number of alkyl halides is 3. The molecular weight excluding hydrogens is 359 g/mol. The molecule has 142 valence electrons. The second kappa shape index (κ2) is 7.42. The van der Waals surface area contributed by atoms with E-state index in [0.29, 0.717) is 24.0 Å². The quantitative estimate of drug-likeness (QED) is 0.821. The number of hydrogen-bond acceptors (Lipinski definition) is 3. The van der Waals surface area contributed by atoms with Crippen LogP contribution in [0.5, 0.6) is 0 Å². The van der Waals surface area contributed by atoms with E-state index in [2.05, 4.69) is 5.32 Å². The standard InChI is InChI=1S/C20H18F3NO3/c21-20(22,23)18(26)24-19(15-10-5-2-6-11-15)13-7-12-16(19)27-17(25)14-8-3-1-4-9-14/h1-6,8-11,16H,7,12-13H2,(H,24,26)/t16-,19-/m1/s1. The third-order valence-electron chi connectivity index (χ3n) is 4.73. The monoisotopic (exact) mass is 377 g/mol. The topological polar surface area (TPSA) is 55.4 Å². The summed E-state index contributed by atoms with van der Waals surface area (Å²) in [5, 5.41) is 2.11. The molecule has 2 atom stereocenters. The predicted molar refractivity (Wildman–Crippen MR) is 91.8 cm³/mol. The highest BCUT2D eigenvalue weighted by Crippen LogP contribution is 2.42. The maximum atomic E-state index is 12.9. The van der Waals surface area contributed by atoms with E-state index in [0.717, 1.165) is 0 Å². The second-order valence-corrected chi connectivity index (χ2v) is 6.44. The minimum Gasteiger partial charge on any atom is -0.456 e. The Morgan fingerprint density at radius 2 is 1.59 bits per heavy atom. The van der Waals surface area contributed by atoms with Crippen molar-refractivity contribution in [3.8, 4) is 0 Å². The van der Waals surface area contributed by atoms with Crippen LogP contribution in [-0.2, 0) is 15.1 Å². The third kappa shape index (κ3) is 3.97. The highest BCUT2D eigenvalue weighted by Gasteiger charge is 2.52. The van der Waals surface area contributed by atoms with Crippen LogP contribution in [-0.4, -0.2) is 24.2 Å². The molecule has 1 saturated carbocycles. The van der Waals surface area contributed by atoms with Crippen molar-refractivity contribution in [3.05, 3.63) is 71.8 Å². The molecule has 0 saturated heterocycles. The van der Waals surface area contributed by atoms with Crippen molar-refractivity contribution in [3.63, 3.8) is 0 Å². The van der Waals surface area contributed by atoms with Gasteiger partial charge in [0.2, 0.25) is 0 Å². The molecular formula is C20H18F3NO3. The first-order valence-corrected chi connectivity index (χ1v) is 8.54. The van der Waals surface area contributed by atoms with Gasteiger partial charge in [0, 0.05) is 0 Å². The van der Waals surface area contributed by atoms with Crippen LogP contribution in [0.1, 0.15) is 35.2 Å². The van der Waals surface area contributed by atoms with Crippen LogP contribution >= 0.6 is 0 Å². The summed E-state index contributed by atoms with van der Waals surface area (Å²) in [4.78, 5) is 24.2. The summed E-state index contributed by atoms with van der Waals surface area (Å²) >= 11 is 0.